The molecule has 1 atom stereocenters. The number of rotatable bonds is 3. The van der Waals surface area contributed by atoms with Crippen LogP contribution in [0.5, 0.6) is 0 Å². The molecule has 1 aromatic carbocycles. The first-order valence-electron chi connectivity index (χ1n) is 6.42. The molecule has 0 saturated carbocycles. The molecule has 1 N–H and O–H groups in total. The van der Waals surface area contributed by atoms with Crippen molar-refractivity contribution in [1.29, 1.82) is 0 Å². The van der Waals surface area contributed by atoms with E-state index < -0.39 is 4.92 Å². The van der Waals surface area contributed by atoms with Gasteiger partial charge in [0.05, 0.1) is 4.92 Å². The predicted molar refractivity (Wildman–Crippen MR) is 78.8 cm³/mol. The highest BCUT2D eigenvalue weighted by Crippen LogP contribution is 2.23. The monoisotopic (exact) mass is 341 g/mol. The zero-order valence-electron chi connectivity index (χ0n) is 11.1. The molecule has 6 nitrogen and oxygen atoms in total. The number of nitrogens with zero attached hydrogens (tertiary/aromatic N) is 2. The van der Waals surface area contributed by atoms with Crippen molar-refractivity contribution < 1.29 is 9.72 Å². The maximum absolute atomic E-state index is 12.4. The fraction of sp³-hybridized carbons (Fsp3) is 0.462. The number of nitro groups is 1. The van der Waals surface area contributed by atoms with Crippen molar-refractivity contribution in [3.8, 4) is 0 Å². The Morgan fingerprint density at radius 2 is 2.25 bits per heavy atom. The molecule has 1 aliphatic rings. The van der Waals surface area contributed by atoms with Crippen molar-refractivity contribution in [3.05, 3.63) is 38.3 Å². The number of hydrogen-bond acceptors (Lipinski definition) is 4. The molecule has 0 aliphatic carbocycles. The molecule has 1 fully saturated rings. The van der Waals surface area contributed by atoms with Gasteiger partial charge in [0.2, 0.25) is 0 Å². The summed E-state index contributed by atoms with van der Waals surface area (Å²) in [4.78, 5) is 24.4. The molecule has 1 saturated heterocycles. The summed E-state index contributed by atoms with van der Waals surface area (Å²) < 4.78 is 0.533. The third-order valence-corrected chi connectivity index (χ3v) is 3.94. The van der Waals surface area contributed by atoms with E-state index >= 15 is 0 Å². The van der Waals surface area contributed by atoms with Crippen molar-refractivity contribution in [1.82, 2.24) is 10.2 Å². The standard InChI is InChI=1S/C13H16BrN3O3/c1-16(11-3-2-4-15-8-11)13(18)9-5-10(14)7-12(6-9)17(19)20/h5-7,11,15H,2-4,8H2,1H3. The number of likely N-dealkylation sites (N-methyl/N-ethyl adjacent to an activating group) is 1. The number of nitrogens with one attached hydrogen (secondary N) is 1. The van der Waals surface area contributed by atoms with Crippen molar-refractivity contribution in [2.75, 3.05) is 20.1 Å². The van der Waals surface area contributed by atoms with E-state index in [9.17, 15) is 14.9 Å². The number of benzene rings is 1. The van der Waals surface area contributed by atoms with Crippen LogP contribution in [-0.2, 0) is 0 Å². The highest BCUT2D eigenvalue weighted by molar-refractivity contribution is 9.10. The summed E-state index contributed by atoms with van der Waals surface area (Å²) in [5, 5.41) is 14.1. The largest absolute Gasteiger partial charge is 0.337 e. The van der Waals surface area contributed by atoms with E-state index in [0.29, 0.717) is 10.0 Å². The Bertz CT molecular complexity index is 530. The molecule has 20 heavy (non-hydrogen) atoms. The second kappa shape index (κ2) is 6.32. The predicted octanol–water partition coefficient (Wildman–Crippen LogP) is 2.18. The van der Waals surface area contributed by atoms with Crippen LogP contribution in [0.1, 0.15) is 23.2 Å². The van der Waals surface area contributed by atoms with E-state index in [1.54, 1.807) is 18.0 Å². The van der Waals surface area contributed by atoms with Gasteiger partial charge in [0.15, 0.2) is 0 Å². The van der Waals surface area contributed by atoms with Crippen LogP contribution in [-0.4, -0.2) is 41.9 Å². The summed E-state index contributed by atoms with van der Waals surface area (Å²) in [6, 6.07) is 4.45. The van der Waals surface area contributed by atoms with Gasteiger partial charge in [0.1, 0.15) is 0 Å². The van der Waals surface area contributed by atoms with Crippen molar-refractivity contribution in [2.45, 2.75) is 18.9 Å². The maximum Gasteiger partial charge on any atom is 0.271 e. The lowest BCUT2D eigenvalue weighted by molar-refractivity contribution is -0.385. The first kappa shape index (κ1) is 14.9. The number of halogens is 1. The second-order valence-electron chi connectivity index (χ2n) is 4.87. The Morgan fingerprint density at radius 3 is 2.85 bits per heavy atom. The summed E-state index contributed by atoms with van der Waals surface area (Å²) in [6.07, 6.45) is 1.98. The van der Waals surface area contributed by atoms with Gasteiger partial charge in [-0.25, -0.2) is 0 Å². The van der Waals surface area contributed by atoms with E-state index in [0.717, 1.165) is 25.9 Å². The number of piperidine rings is 1. The molecule has 0 spiro atoms. The molecule has 108 valence electrons. The smallest absolute Gasteiger partial charge is 0.271 e. The first-order chi connectivity index (χ1) is 9.49. The van der Waals surface area contributed by atoms with Crippen LogP contribution in [0, 0.1) is 10.1 Å². The highest BCUT2D eigenvalue weighted by Gasteiger charge is 2.24. The molecule has 7 heteroatoms. The molecule has 1 unspecified atom stereocenters. The van der Waals surface area contributed by atoms with E-state index in [4.69, 9.17) is 0 Å². The van der Waals surface area contributed by atoms with Gasteiger partial charge in [-0.15, -0.1) is 0 Å². The third-order valence-electron chi connectivity index (χ3n) is 3.48. The van der Waals surface area contributed by atoms with Gasteiger partial charge in [-0.3, -0.25) is 14.9 Å². The van der Waals surface area contributed by atoms with Gasteiger partial charge in [-0.2, -0.15) is 0 Å². The Morgan fingerprint density at radius 1 is 1.50 bits per heavy atom. The van der Waals surface area contributed by atoms with E-state index in [-0.39, 0.29) is 17.6 Å². The van der Waals surface area contributed by atoms with Gasteiger partial charge in [-0.05, 0) is 25.5 Å². The Hall–Kier alpha value is -1.47. The molecule has 1 heterocycles. The zero-order chi connectivity index (χ0) is 14.7. The maximum atomic E-state index is 12.4. The van der Waals surface area contributed by atoms with Crippen LogP contribution in [0.15, 0.2) is 22.7 Å². The number of carbonyl (C=O) groups is 1. The molecule has 1 aliphatic heterocycles. The SMILES string of the molecule is CN(C(=O)c1cc(Br)cc([N+](=O)[O-])c1)C1CCCNC1. The highest BCUT2D eigenvalue weighted by atomic mass is 79.9. The molecule has 0 bridgehead atoms. The fourth-order valence-corrected chi connectivity index (χ4v) is 2.82. The van der Waals surface area contributed by atoms with Crippen LogP contribution in [0.4, 0.5) is 5.69 Å². The fourth-order valence-electron chi connectivity index (χ4n) is 2.34. The van der Waals surface area contributed by atoms with Gasteiger partial charge < -0.3 is 10.2 Å². The summed E-state index contributed by atoms with van der Waals surface area (Å²) in [5.74, 6) is -0.192. The normalized spacial score (nSPS) is 18.6. The molecular weight excluding hydrogens is 326 g/mol. The van der Waals surface area contributed by atoms with Gasteiger partial charge >= 0.3 is 0 Å². The number of non-ortho nitro benzene ring substituents is 1. The van der Waals surface area contributed by atoms with E-state index in [1.165, 1.54) is 12.1 Å². The lowest BCUT2D eigenvalue weighted by atomic mass is 10.1. The molecule has 0 aromatic heterocycles. The lowest BCUT2D eigenvalue weighted by Crippen LogP contribution is -2.46. The Balaban J connectivity index is 2.21. The quantitative estimate of drug-likeness (QED) is 0.675. The van der Waals surface area contributed by atoms with Crippen LogP contribution < -0.4 is 5.32 Å². The molecule has 1 amide bonds. The molecule has 1 aromatic rings. The minimum Gasteiger partial charge on any atom is -0.337 e. The number of hydrogen-bond donors (Lipinski definition) is 1. The first-order valence-corrected chi connectivity index (χ1v) is 7.21. The van der Waals surface area contributed by atoms with Crippen molar-refractivity contribution in [2.24, 2.45) is 0 Å². The summed E-state index contributed by atoms with van der Waals surface area (Å²) in [6.45, 7) is 1.74. The number of nitro benzene ring substituents is 1. The third kappa shape index (κ3) is 3.34. The molecule has 2 rings (SSSR count). The number of amides is 1. The topological polar surface area (TPSA) is 75.5 Å². The van der Waals surface area contributed by atoms with Crippen molar-refractivity contribution >= 4 is 27.5 Å². The molecule has 0 radical (unpaired) electrons. The Labute approximate surface area is 125 Å². The number of carbonyl (C=O) groups excluding carboxylic acids is 1. The van der Waals surface area contributed by atoms with Crippen LogP contribution in [0.25, 0.3) is 0 Å². The average Bonchev–Trinajstić information content (AvgIpc) is 2.46. The van der Waals surface area contributed by atoms with Crippen molar-refractivity contribution in [3.63, 3.8) is 0 Å². The minimum atomic E-state index is -0.496. The second-order valence-corrected chi connectivity index (χ2v) is 5.79. The summed E-state index contributed by atoms with van der Waals surface area (Å²) in [7, 11) is 1.74. The van der Waals surface area contributed by atoms with Crippen LogP contribution >= 0.6 is 15.9 Å². The van der Waals surface area contributed by atoms with Gasteiger partial charge in [0, 0.05) is 41.8 Å². The van der Waals surface area contributed by atoms with E-state index in [2.05, 4.69) is 21.2 Å². The Kier molecular flexibility index (Phi) is 4.72. The lowest BCUT2D eigenvalue weighted by Gasteiger charge is -2.31. The van der Waals surface area contributed by atoms with Gasteiger partial charge in [-0.1, -0.05) is 15.9 Å². The van der Waals surface area contributed by atoms with Crippen LogP contribution in [0.2, 0.25) is 0 Å². The summed E-state index contributed by atoms with van der Waals surface area (Å²) >= 11 is 3.21. The van der Waals surface area contributed by atoms with Crippen LogP contribution in [0.3, 0.4) is 0 Å². The summed E-state index contributed by atoms with van der Waals surface area (Å²) in [5.41, 5.74) is 0.247. The molecular formula is C13H16BrN3O3. The minimum absolute atomic E-state index is 0.0853. The van der Waals surface area contributed by atoms with E-state index in [1.807, 2.05) is 0 Å². The average molecular weight is 342 g/mol. The zero-order valence-corrected chi connectivity index (χ0v) is 12.7. The van der Waals surface area contributed by atoms with Gasteiger partial charge in [0.25, 0.3) is 11.6 Å².